The third-order valence-corrected chi connectivity index (χ3v) is 4.51. The molecule has 0 aliphatic rings. The zero-order chi connectivity index (χ0) is 15.7. The van der Waals surface area contributed by atoms with Gasteiger partial charge in [-0.1, -0.05) is 51.3 Å². The standard InChI is InChI=1S/C17H25NO2S/c1-4-6-8-13-21-14(3)15-11-9-12-17(18(19)20)16(15)10-7-5-2/h9-12H,4-8,13H2,1-3H3/b15-14+,16-10+. The Bertz CT molecular complexity index is 581. The number of rotatable bonds is 8. The molecule has 0 N–H and O–H groups in total. The van der Waals surface area contributed by atoms with Crippen LogP contribution in [0.1, 0.15) is 52.9 Å². The highest BCUT2D eigenvalue weighted by atomic mass is 32.2. The Morgan fingerprint density at radius 1 is 1.29 bits per heavy atom. The molecule has 1 rings (SSSR count). The number of unbranched alkanes of at least 4 members (excludes halogenated alkanes) is 3. The van der Waals surface area contributed by atoms with Gasteiger partial charge in [0.2, 0.25) is 0 Å². The van der Waals surface area contributed by atoms with E-state index in [-0.39, 0.29) is 10.6 Å². The summed E-state index contributed by atoms with van der Waals surface area (Å²) in [5.41, 5.74) is 0.217. The molecule has 0 fully saturated rings. The monoisotopic (exact) mass is 307 g/mol. The van der Waals surface area contributed by atoms with E-state index in [4.69, 9.17) is 0 Å². The molecule has 0 spiro atoms. The predicted molar refractivity (Wildman–Crippen MR) is 92.8 cm³/mol. The van der Waals surface area contributed by atoms with E-state index in [0.717, 1.165) is 29.0 Å². The Balaban J connectivity index is 3.21. The summed E-state index contributed by atoms with van der Waals surface area (Å²) in [4.78, 5) is 12.1. The Morgan fingerprint density at radius 2 is 2.05 bits per heavy atom. The maximum Gasteiger partial charge on any atom is 0.276 e. The van der Waals surface area contributed by atoms with Crippen molar-refractivity contribution in [2.75, 3.05) is 5.75 Å². The molecule has 0 radical (unpaired) electrons. The molecule has 0 aromatic heterocycles. The van der Waals surface area contributed by atoms with E-state index in [2.05, 4.69) is 20.8 Å². The molecule has 21 heavy (non-hydrogen) atoms. The van der Waals surface area contributed by atoms with E-state index in [0.29, 0.717) is 0 Å². The quantitative estimate of drug-likeness (QED) is 0.410. The van der Waals surface area contributed by atoms with Crippen molar-refractivity contribution in [1.82, 2.24) is 0 Å². The average molecular weight is 307 g/mol. The van der Waals surface area contributed by atoms with Gasteiger partial charge in [-0.05, 0) is 35.6 Å². The molecular weight excluding hydrogens is 282 g/mol. The van der Waals surface area contributed by atoms with Crippen LogP contribution < -0.4 is 10.4 Å². The van der Waals surface area contributed by atoms with Crippen LogP contribution in [0.3, 0.4) is 0 Å². The number of benzene rings is 1. The normalized spacial score (nSPS) is 13.4. The van der Waals surface area contributed by atoms with Crippen molar-refractivity contribution in [1.29, 1.82) is 0 Å². The maximum absolute atomic E-state index is 11.2. The smallest absolute Gasteiger partial charge is 0.258 e. The molecule has 1 aromatic carbocycles. The average Bonchev–Trinajstić information content (AvgIpc) is 2.48. The minimum Gasteiger partial charge on any atom is -0.258 e. The van der Waals surface area contributed by atoms with Crippen LogP contribution in [0.4, 0.5) is 5.69 Å². The van der Waals surface area contributed by atoms with Gasteiger partial charge in [0.05, 0.1) is 10.1 Å². The van der Waals surface area contributed by atoms with E-state index in [9.17, 15) is 10.1 Å². The Labute approximate surface area is 131 Å². The molecule has 116 valence electrons. The summed E-state index contributed by atoms with van der Waals surface area (Å²) in [7, 11) is 0. The number of nitro benzene ring substituents is 1. The third kappa shape index (κ3) is 5.54. The summed E-state index contributed by atoms with van der Waals surface area (Å²) in [6, 6.07) is 5.38. The molecule has 0 heterocycles. The number of hydrogen-bond donors (Lipinski definition) is 0. The first-order chi connectivity index (χ1) is 10.1. The Hall–Kier alpha value is -1.29. The minimum absolute atomic E-state index is 0.217. The maximum atomic E-state index is 11.2. The van der Waals surface area contributed by atoms with Crippen LogP contribution >= 0.6 is 11.8 Å². The summed E-state index contributed by atoms with van der Waals surface area (Å²) in [6.45, 7) is 6.35. The van der Waals surface area contributed by atoms with Gasteiger partial charge < -0.3 is 0 Å². The summed E-state index contributed by atoms with van der Waals surface area (Å²) in [5.74, 6) is 1.08. The summed E-state index contributed by atoms with van der Waals surface area (Å²) in [6.07, 6.45) is 7.51. The molecule has 3 nitrogen and oxygen atoms in total. The molecule has 4 heteroatoms. The minimum atomic E-state index is -0.278. The van der Waals surface area contributed by atoms with E-state index in [1.54, 1.807) is 12.1 Å². The molecular formula is C17H25NO2S. The van der Waals surface area contributed by atoms with Crippen LogP contribution in [0.5, 0.6) is 0 Å². The Morgan fingerprint density at radius 3 is 2.67 bits per heavy atom. The second-order valence-corrected chi connectivity index (χ2v) is 6.41. The highest BCUT2D eigenvalue weighted by molar-refractivity contribution is 8.07. The first kappa shape index (κ1) is 17.8. The van der Waals surface area contributed by atoms with Gasteiger partial charge in [0.15, 0.2) is 0 Å². The molecule has 0 saturated heterocycles. The van der Waals surface area contributed by atoms with Gasteiger partial charge in [0.25, 0.3) is 5.69 Å². The summed E-state index contributed by atoms with van der Waals surface area (Å²) >= 11 is 1.81. The largest absolute Gasteiger partial charge is 0.276 e. The van der Waals surface area contributed by atoms with Crippen molar-refractivity contribution in [3.63, 3.8) is 0 Å². The summed E-state index contributed by atoms with van der Waals surface area (Å²) < 4.78 is 0. The van der Waals surface area contributed by atoms with Crippen molar-refractivity contribution in [2.24, 2.45) is 0 Å². The molecule has 0 bridgehead atoms. The molecule has 0 atom stereocenters. The van der Waals surface area contributed by atoms with Crippen LogP contribution in [0, 0.1) is 10.1 Å². The van der Waals surface area contributed by atoms with Gasteiger partial charge in [0.1, 0.15) is 0 Å². The number of nitro groups is 1. The van der Waals surface area contributed by atoms with Crippen LogP contribution in [0.2, 0.25) is 0 Å². The fourth-order valence-corrected chi connectivity index (χ4v) is 3.17. The molecule has 0 aliphatic heterocycles. The SMILES string of the molecule is CCC/C=c1/c([N+](=O)[O-])ccc/c1=C(/C)SCCCCC. The van der Waals surface area contributed by atoms with Crippen LogP contribution in [-0.4, -0.2) is 10.7 Å². The highest BCUT2D eigenvalue weighted by Gasteiger charge is 2.09. The van der Waals surface area contributed by atoms with Crippen molar-refractivity contribution >= 4 is 28.4 Å². The second-order valence-electron chi connectivity index (χ2n) is 5.10. The zero-order valence-corrected chi connectivity index (χ0v) is 14.0. The lowest BCUT2D eigenvalue weighted by Gasteiger charge is -2.03. The van der Waals surface area contributed by atoms with E-state index >= 15 is 0 Å². The molecule has 0 amide bonds. The molecule has 1 aromatic rings. The first-order valence-electron chi connectivity index (χ1n) is 7.69. The molecule has 0 unspecified atom stereocenters. The van der Waals surface area contributed by atoms with E-state index in [1.807, 2.05) is 23.9 Å². The number of non-ortho nitro benzene ring substituents is 1. The number of thioether (sulfide) groups is 1. The van der Waals surface area contributed by atoms with Gasteiger partial charge in [-0.15, -0.1) is 11.8 Å². The fraction of sp³-hybridized carbons (Fsp3) is 0.529. The second kappa shape index (κ2) is 9.61. The summed E-state index contributed by atoms with van der Waals surface area (Å²) in [5, 5.41) is 13.0. The first-order valence-corrected chi connectivity index (χ1v) is 8.67. The van der Waals surface area contributed by atoms with Gasteiger partial charge >= 0.3 is 0 Å². The van der Waals surface area contributed by atoms with Crippen molar-refractivity contribution in [2.45, 2.75) is 52.9 Å². The predicted octanol–water partition coefficient (Wildman–Crippen LogP) is 4.23. The van der Waals surface area contributed by atoms with E-state index < -0.39 is 0 Å². The van der Waals surface area contributed by atoms with Gasteiger partial charge in [-0.3, -0.25) is 10.1 Å². The Kier molecular flexibility index (Phi) is 8.13. The van der Waals surface area contributed by atoms with Crippen molar-refractivity contribution in [3.8, 4) is 0 Å². The topological polar surface area (TPSA) is 43.1 Å². The van der Waals surface area contributed by atoms with E-state index in [1.165, 1.54) is 24.2 Å². The number of hydrogen-bond acceptors (Lipinski definition) is 3. The lowest BCUT2D eigenvalue weighted by molar-refractivity contribution is -0.386. The van der Waals surface area contributed by atoms with Crippen molar-refractivity contribution < 1.29 is 4.92 Å². The lowest BCUT2D eigenvalue weighted by Crippen LogP contribution is -2.28. The van der Waals surface area contributed by atoms with Gasteiger partial charge in [-0.25, -0.2) is 0 Å². The van der Waals surface area contributed by atoms with Crippen LogP contribution in [0.15, 0.2) is 18.2 Å². The van der Waals surface area contributed by atoms with Crippen LogP contribution in [-0.2, 0) is 0 Å². The zero-order valence-electron chi connectivity index (χ0n) is 13.2. The number of nitrogens with zero attached hydrogens (tertiary/aromatic N) is 1. The van der Waals surface area contributed by atoms with Crippen molar-refractivity contribution in [3.05, 3.63) is 38.8 Å². The van der Waals surface area contributed by atoms with Crippen LogP contribution in [0.25, 0.3) is 11.0 Å². The lowest BCUT2D eigenvalue weighted by atomic mass is 10.1. The fourth-order valence-electron chi connectivity index (χ4n) is 2.18. The highest BCUT2D eigenvalue weighted by Crippen LogP contribution is 2.16. The van der Waals surface area contributed by atoms with Gasteiger partial charge in [0, 0.05) is 6.07 Å². The molecule has 0 aliphatic carbocycles. The molecule has 0 saturated carbocycles. The third-order valence-electron chi connectivity index (χ3n) is 3.36. The van der Waals surface area contributed by atoms with Gasteiger partial charge in [-0.2, -0.15) is 0 Å².